The number of alkyl halides is 3. The van der Waals surface area contributed by atoms with E-state index in [1.54, 1.807) is 0 Å². The lowest BCUT2D eigenvalue weighted by atomic mass is 9.86. The summed E-state index contributed by atoms with van der Waals surface area (Å²) in [6.07, 6.45) is -3.87. The molecule has 0 amide bonds. The van der Waals surface area contributed by atoms with E-state index >= 15 is 0 Å². The van der Waals surface area contributed by atoms with Gasteiger partial charge in [-0.15, -0.1) is 0 Å². The maximum Gasteiger partial charge on any atom is 0.392 e. The molecule has 16 heavy (non-hydrogen) atoms. The number of aromatic nitrogens is 2. The van der Waals surface area contributed by atoms with Gasteiger partial charge in [0.25, 0.3) is 0 Å². The lowest BCUT2D eigenvalue weighted by Crippen LogP contribution is -2.32. The van der Waals surface area contributed by atoms with Crippen LogP contribution in [0.4, 0.5) is 13.2 Å². The van der Waals surface area contributed by atoms with Crippen LogP contribution in [0.25, 0.3) is 0 Å². The van der Waals surface area contributed by atoms with E-state index in [0.717, 1.165) is 0 Å². The Hall–Kier alpha value is -1.24. The highest BCUT2D eigenvalue weighted by Crippen LogP contribution is 2.35. The van der Waals surface area contributed by atoms with E-state index in [1.165, 1.54) is 6.20 Å². The molecular weight excluding hydrogens is 241 g/mol. The summed E-state index contributed by atoms with van der Waals surface area (Å²) in [4.78, 5) is 17.7. The summed E-state index contributed by atoms with van der Waals surface area (Å²) in [6.45, 7) is 0. The minimum absolute atomic E-state index is 0.0920. The molecule has 1 atom stereocenters. The molecule has 1 aliphatic rings. The second-order valence-electron chi connectivity index (χ2n) is 3.65. The first-order chi connectivity index (χ1) is 7.38. The standard InChI is InChI=1S/C9H7F3N2OS/c10-9(11,12)4-1-6-5(7(15)2-4)3-13-8(16)14-6/h3-4H,1-2H2,(H,13,14,16)/t4-/m1/s1. The molecule has 0 saturated carbocycles. The molecule has 1 heterocycles. The van der Waals surface area contributed by atoms with Gasteiger partial charge in [0.05, 0.1) is 11.5 Å². The van der Waals surface area contributed by atoms with Gasteiger partial charge in [-0.2, -0.15) is 13.2 Å². The van der Waals surface area contributed by atoms with Gasteiger partial charge in [0.15, 0.2) is 10.6 Å². The average Bonchev–Trinajstić information content (AvgIpc) is 2.15. The Morgan fingerprint density at radius 3 is 2.75 bits per heavy atom. The lowest BCUT2D eigenvalue weighted by Gasteiger charge is -2.24. The van der Waals surface area contributed by atoms with E-state index in [-0.39, 0.29) is 22.4 Å². The molecule has 3 nitrogen and oxygen atoms in total. The molecule has 1 aromatic heterocycles. The van der Waals surface area contributed by atoms with Crippen molar-refractivity contribution in [3.63, 3.8) is 0 Å². The Labute approximate surface area is 93.7 Å². The summed E-state index contributed by atoms with van der Waals surface area (Å²) in [5.41, 5.74) is 0.452. The van der Waals surface area contributed by atoms with Crippen LogP contribution in [0.5, 0.6) is 0 Å². The van der Waals surface area contributed by atoms with Crippen LogP contribution in [-0.4, -0.2) is 21.9 Å². The summed E-state index contributed by atoms with van der Waals surface area (Å²) in [6, 6.07) is 0. The minimum Gasteiger partial charge on any atom is -0.334 e. The van der Waals surface area contributed by atoms with Crippen molar-refractivity contribution >= 4 is 18.0 Å². The van der Waals surface area contributed by atoms with Crippen LogP contribution in [0.3, 0.4) is 0 Å². The minimum atomic E-state index is -4.36. The Morgan fingerprint density at radius 2 is 2.12 bits per heavy atom. The van der Waals surface area contributed by atoms with Gasteiger partial charge >= 0.3 is 6.18 Å². The number of aromatic amines is 1. The first-order valence-electron chi connectivity index (χ1n) is 4.56. The first-order valence-corrected chi connectivity index (χ1v) is 4.97. The summed E-state index contributed by atoms with van der Waals surface area (Å²) < 4.78 is 37.6. The van der Waals surface area contributed by atoms with E-state index in [2.05, 4.69) is 9.97 Å². The molecule has 0 radical (unpaired) electrons. The third kappa shape index (κ3) is 1.99. The summed E-state index contributed by atoms with van der Waals surface area (Å²) >= 11 is 4.71. The number of ketones is 1. The zero-order valence-corrected chi connectivity index (χ0v) is 8.78. The molecule has 1 N–H and O–H groups in total. The van der Waals surface area contributed by atoms with Crippen LogP contribution >= 0.6 is 12.2 Å². The molecule has 0 aromatic carbocycles. The number of H-pyrrole nitrogens is 1. The number of hydrogen-bond donors (Lipinski definition) is 1. The van der Waals surface area contributed by atoms with Crippen LogP contribution in [0.15, 0.2) is 6.20 Å². The molecule has 0 aliphatic heterocycles. The van der Waals surface area contributed by atoms with Gasteiger partial charge in [0.1, 0.15) is 0 Å². The monoisotopic (exact) mass is 248 g/mol. The number of carbonyl (C=O) groups excluding carboxylic acids is 1. The molecule has 0 bridgehead atoms. The highest BCUT2D eigenvalue weighted by Gasteiger charge is 2.44. The van der Waals surface area contributed by atoms with E-state index in [4.69, 9.17) is 12.2 Å². The van der Waals surface area contributed by atoms with Crippen molar-refractivity contribution in [3.05, 3.63) is 22.2 Å². The fourth-order valence-electron chi connectivity index (χ4n) is 1.71. The summed E-state index contributed by atoms with van der Waals surface area (Å²) in [5, 5.41) is 0. The van der Waals surface area contributed by atoms with Crippen molar-refractivity contribution < 1.29 is 18.0 Å². The van der Waals surface area contributed by atoms with Crippen molar-refractivity contribution in [1.29, 1.82) is 0 Å². The number of hydrogen-bond acceptors (Lipinski definition) is 3. The maximum absolute atomic E-state index is 12.5. The van der Waals surface area contributed by atoms with Gasteiger partial charge in [-0.3, -0.25) is 4.79 Å². The number of Topliss-reactive ketones (excluding diaryl/α,β-unsaturated/α-hetero) is 1. The fourth-order valence-corrected chi connectivity index (χ4v) is 1.89. The molecule has 1 aliphatic carbocycles. The zero-order chi connectivity index (χ0) is 11.9. The number of rotatable bonds is 0. The predicted octanol–water partition coefficient (Wildman–Crippen LogP) is 2.45. The Kier molecular flexibility index (Phi) is 2.57. The number of carbonyl (C=O) groups is 1. The van der Waals surface area contributed by atoms with Crippen molar-refractivity contribution in [2.45, 2.75) is 19.0 Å². The SMILES string of the molecule is O=C1C[C@H](C(F)(F)F)Cc2[nH]c(=S)ncc21. The topological polar surface area (TPSA) is 45.8 Å². The van der Waals surface area contributed by atoms with E-state index in [9.17, 15) is 18.0 Å². The Morgan fingerprint density at radius 1 is 1.44 bits per heavy atom. The largest absolute Gasteiger partial charge is 0.392 e. The molecule has 0 saturated heterocycles. The molecule has 7 heteroatoms. The molecule has 1 aromatic rings. The van der Waals surface area contributed by atoms with E-state index in [0.29, 0.717) is 0 Å². The van der Waals surface area contributed by atoms with Gasteiger partial charge in [-0.05, 0) is 12.2 Å². The van der Waals surface area contributed by atoms with Crippen LogP contribution in [0, 0.1) is 10.7 Å². The van der Waals surface area contributed by atoms with Crippen molar-refractivity contribution in [3.8, 4) is 0 Å². The van der Waals surface area contributed by atoms with Crippen molar-refractivity contribution in [1.82, 2.24) is 9.97 Å². The van der Waals surface area contributed by atoms with Crippen molar-refractivity contribution in [2.24, 2.45) is 5.92 Å². The normalized spacial score (nSPS) is 20.7. The second kappa shape index (κ2) is 3.65. The van der Waals surface area contributed by atoms with Gasteiger partial charge in [0, 0.05) is 24.7 Å². The van der Waals surface area contributed by atoms with Crippen LogP contribution in [-0.2, 0) is 6.42 Å². The number of nitrogens with one attached hydrogen (secondary N) is 1. The Balaban J connectivity index is 2.42. The fraction of sp³-hybridized carbons (Fsp3) is 0.444. The third-order valence-corrected chi connectivity index (χ3v) is 2.75. The molecular formula is C9H7F3N2OS. The summed E-state index contributed by atoms with van der Waals surface area (Å²) in [5.74, 6) is -2.16. The molecule has 0 spiro atoms. The number of fused-ring (bicyclic) bond motifs is 1. The number of nitrogens with zero attached hydrogens (tertiary/aromatic N) is 1. The predicted molar refractivity (Wildman–Crippen MR) is 51.6 cm³/mol. The highest BCUT2D eigenvalue weighted by molar-refractivity contribution is 7.71. The highest BCUT2D eigenvalue weighted by atomic mass is 32.1. The van der Waals surface area contributed by atoms with Crippen LogP contribution < -0.4 is 0 Å². The summed E-state index contributed by atoms with van der Waals surface area (Å²) in [7, 11) is 0. The zero-order valence-electron chi connectivity index (χ0n) is 7.97. The second-order valence-corrected chi connectivity index (χ2v) is 4.04. The van der Waals surface area contributed by atoms with Crippen LogP contribution in [0.1, 0.15) is 22.5 Å². The van der Waals surface area contributed by atoms with Gasteiger partial charge in [0.2, 0.25) is 0 Å². The molecule has 0 fully saturated rings. The smallest absolute Gasteiger partial charge is 0.334 e. The van der Waals surface area contributed by atoms with Gasteiger partial charge < -0.3 is 4.98 Å². The van der Waals surface area contributed by atoms with Gasteiger partial charge in [-0.1, -0.05) is 0 Å². The van der Waals surface area contributed by atoms with Crippen LogP contribution in [0.2, 0.25) is 0 Å². The third-order valence-electron chi connectivity index (χ3n) is 2.54. The first kappa shape index (κ1) is 11.3. The molecule has 2 rings (SSSR count). The van der Waals surface area contributed by atoms with Crippen molar-refractivity contribution in [2.75, 3.05) is 0 Å². The Bertz CT molecular complexity index is 494. The quantitative estimate of drug-likeness (QED) is 0.717. The number of halogens is 3. The molecule has 0 unspecified atom stereocenters. The van der Waals surface area contributed by atoms with E-state index in [1.807, 2.05) is 0 Å². The van der Waals surface area contributed by atoms with Gasteiger partial charge in [-0.25, -0.2) is 4.98 Å². The maximum atomic E-state index is 12.5. The van der Waals surface area contributed by atoms with E-state index < -0.39 is 24.3 Å². The average molecular weight is 248 g/mol. The molecule has 86 valence electrons. The lowest BCUT2D eigenvalue weighted by molar-refractivity contribution is -0.174.